The van der Waals surface area contributed by atoms with E-state index in [9.17, 15) is 0 Å². The molecule has 0 unspecified atom stereocenters. The van der Waals surface area contributed by atoms with Gasteiger partial charge >= 0.3 is 0 Å². The lowest BCUT2D eigenvalue weighted by molar-refractivity contribution is -0.163. The van der Waals surface area contributed by atoms with E-state index in [0.29, 0.717) is 31.8 Å². The van der Waals surface area contributed by atoms with Crippen molar-refractivity contribution < 1.29 is 14.6 Å². The molecule has 1 fully saturated rings. The molecule has 0 aromatic carbocycles. The number of aliphatic hydroxyl groups excluding tert-OH is 1. The fourth-order valence-electron chi connectivity index (χ4n) is 1.56. The second-order valence-corrected chi connectivity index (χ2v) is 3.01. The highest BCUT2D eigenvalue weighted by atomic mass is 16.7. The molecule has 1 saturated heterocycles. The van der Waals surface area contributed by atoms with Crippen molar-refractivity contribution in [3.8, 4) is 0 Å². The molecule has 2 aliphatic rings. The van der Waals surface area contributed by atoms with Crippen LogP contribution in [0.25, 0.3) is 0 Å². The molecule has 62 valence electrons. The Hall–Kier alpha value is -0.540. The summed E-state index contributed by atoms with van der Waals surface area (Å²) in [6, 6.07) is 0. The summed E-state index contributed by atoms with van der Waals surface area (Å²) >= 11 is 0. The van der Waals surface area contributed by atoms with Crippen LogP contribution < -0.4 is 0 Å². The van der Waals surface area contributed by atoms with E-state index in [0.717, 1.165) is 6.42 Å². The summed E-state index contributed by atoms with van der Waals surface area (Å²) in [5, 5.41) is 9.10. The molecule has 0 aromatic heterocycles. The lowest BCUT2D eigenvalue weighted by Gasteiger charge is -2.28. The highest BCUT2D eigenvalue weighted by Gasteiger charge is 2.37. The molecule has 0 aromatic rings. The van der Waals surface area contributed by atoms with Crippen molar-refractivity contribution in [3.63, 3.8) is 0 Å². The molecule has 0 bridgehead atoms. The van der Waals surface area contributed by atoms with E-state index in [1.165, 1.54) is 0 Å². The van der Waals surface area contributed by atoms with Crippen molar-refractivity contribution in [1.82, 2.24) is 0 Å². The first-order valence-electron chi connectivity index (χ1n) is 3.97. The monoisotopic (exact) mass is 156 g/mol. The minimum absolute atomic E-state index is 0.383. The third-order valence-corrected chi connectivity index (χ3v) is 2.22. The summed E-state index contributed by atoms with van der Waals surface area (Å²) in [6.07, 6.45) is 3.95. The molecule has 1 N–H and O–H groups in total. The normalized spacial score (nSPS) is 28.9. The number of allylic oxidation sites excluding steroid dienone is 1. The van der Waals surface area contributed by atoms with E-state index < -0.39 is 0 Å². The Morgan fingerprint density at radius 2 is 2.09 bits per heavy atom. The first kappa shape index (κ1) is 7.13. The third-order valence-electron chi connectivity index (χ3n) is 2.22. The van der Waals surface area contributed by atoms with Crippen LogP contribution in [0.3, 0.4) is 0 Å². The van der Waals surface area contributed by atoms with Crippen LogP contribution in [0.2, 0.25) is 0 Å². The van der Waals surface area contributed by atoms with Gasteiger partial charge in [0.25, 0.3) is 0 Å². The summed E-state index contributed by atoms with van der Waals surface area (Å²) in [5.74, 6) is 0.0846. The molecular weight excluding hydrogens is 144 g/mol. The SMILES string of the molecule is OC1=CCC2(CC1)OCCO2. The van der Waals surface area contributed by atoms with Crippen LogP contribution in [0.1, 0.15) is 19.3 Å². The Kier molecular flexibility index (Phi) is 1.62. The number of hydrogen-bond donors (Lipinski definition) is 1. The van der Waals surface area contributed by atoms with Gasteiger partial charge in [-0.15, -0.1) is 0 Å². The van der Waals surface area contributed by atoms with Gasteiger partial charge < -0.3 is 14.6 Å². The Balaban J connectivity index is 2.06. The van der Waals surface area contributed by atoms with Crippen LogP contribution >= 0.6 is 0 Å². The summed E-state index contributed by atoms with van der Waals surface area (Å²) in [5.41, 5.74) is 0. The summed E-state index contributed by atoms with van der Waals surface area (Å²) < 4.78 is 10.9. The van der Waals surface area contributed by atoms with Crippen LogP contribution in [0, 0.1) is 0 Å². The van der Waals surface area contributed by atoms with E-state index in [2.05, 4.69) is 0 Å². The molecule has 1 aliphatic heterocycles. The van der Waals surface area contributed by atoms with Gasteiger partial charge in [-0.2, -0.15) is 0 Å². The van der Waals surface area contributed by atoms with Gasteiger partial charge in [-0.05, 0) is 6.08 Å². The van der Waals surface area contributed by atoms with E-state index in [4.69, 9.17) is 14.6 Å². The smallest absolute Gasteiger partial charge is 0.172 e. The average molecular weight is 156 g/mol. The van der Waals surface area contributed by atoms with Crippen LogP contribution in [0.5, 0.6) is 0 Å². The summed E-state index contributed by atoms with van der Waals surface area (Å²) in [7, 11) is 0. The van der Waals surface area contributed by atoms with Crippen LogP contribution in [0.4, 0.5) is 0 Å². The maximum atomic E-state index is 9.10. The molecule has 1 aliphatic carbocycles. The third kappa shape index (κ3) is 1.26. The predicted molar refractivity (Wildman–Crippen MR) is 39.2 cm³/mol. The van der Waals surface area contributed by atoms with Gasteiger partial charge in [0.1, 0.15) is 0 Å². The van der Waals surface area contributed by atoms with Crippen LogP contribution in [-0.4, -0.2) is 24.1 Å². The van der Waals surface area contributed by atoms with Gasteiger partial charge in [0, 0.05) is 19.3 Å². The minimum Gasteiger partial charge on any atom is -0.513 e. The zero-order valence-corrected chi connectivity index (χ0v) is 6.38. The molecule has 1 spiro atoms. The number of aliphatic hydroxyl groups is 1. The Labute approximate surface area is 65.6 Å². The van der Waals surface area contributed by atoms with Crippen LogP contribution in [0.15, 0.2) is 11.8 Å². The van der Waals surface area contributed by atoms with Crippen LogP contribution in [-0.2, 0) is 9.47 Å². The van der Waals surface area contributed by atoms with Gasteiger partial charge in [0.15, 0.2) is 5.79 Å². The zero-order chi connectivity index (χ0) is 7.73. The van der Waals surface area contributed by atoms with E-state index in [-0.39, 0.29) is 5.79 Å². The van der Waals surface area contributed by atoms with Crippen molar-refractivity contribution >= 4 is 0 Å². The maximum absolute atomic E-state index is 9.10. The van der Waals surface area contributed by atoms with Crippen molar-refractivity contribution in [1.29, 1.82) is 0 Å². The van der Waals surface area contributed by atoms with E-state index in [1.54, 1.807) is 6.08 Å². The highest BCUT2D eigenvalue weighted by molar-refractivity contribution is 5.01. The van der Waals surface area contributed by atoms with E-state index >= 15 is 0 Å². The van der Waals surface area contributed by atoms with Gasteiger partial charge in [0.05, 0.1) is 19.0 Å². The Morgan fingerprint density at radius 3 is 2.64 bits per heavy atom. The topological polar surface area (TPSA) is 38.7 Å². The molecule has 3 heteroatoms. The van der Waals surface area contributed by atoms with Crippen molar-refractivity contribution in [3.05, 3.63) is 11.8 Å². The van der Waals surface area contributed by atoms with Crippen molar-refractivity contribution in [2.45, 2.75) is 25.0 Å². The van der Waals surface area contributed by atoms with Crippen molar-refractivity contribution in [2.75, 3.05) is 13.2 Å². The number of rotatable bonds is 0. The minimum atomic E-state index is -0.383. The highest BCUT2D eigenvalue weighted by Crippen LogP contribution is 2.33. The number of ether oxygens (including phenoxy) is 2. The molecular formula is C8H12O3. The molecule has 1 heterocycles. The van der Waals surface area contributed by atoms with Gasteiger partial charge in [-0.3, -0.25) is 0 Å². The lowest BCUT2D eigenvalue weighted by atomic mass is 9.99. The van der Waals surface area contributed by atoms with Gasteiger partial charge in [-0.25, -0.2) is 0 Å². The molecule has 2 rings (SSSR count). The fourth-order valence-corrected chi connectivity index (χ4v) is 1.56. The molecule has 0 amide bonds. The average Bonchev–Trinajstić information content (AvgIpc) is 2.45. The van der Waals surface area contributed by atoms with Gasteiger partial charge in [-0.1, -0.05) is 0 Å². The second-order valence-electron chi connectivity index (χ2n) is 3.01. The van der Waals surface area contributed by atoms with E-state index in [1.807, 2.05) is 0 Å². The molecule has 0 saturated carbocycles. The predicted octanol–water partition coefficient (Wildman–Crippen LogP) is 1.36. The molecule has 11 heavy (non-hydrogen) atoms. The zero-order valence-electron chi connectivity index (χ0n) is 6.38. The number of hydrogen-bond acceptors (Lipinski definition) is 3. The largest absolute Gasteiger partial charge is 0.513 e. The van der Waals surface area contributed by atoms with Crippen molar-refractivity contribution in [2.24, 2.45) is 0 Å². The standard InChI is InChI=1S/C8H12O3/c9-7-1-3-8(4-2-7)10-5-6-11-8/h1,9H,2-6H2. The Morgan fingerprint density at radius 1 is 1.36 bits per heavy atom. The lowest BCUT2D eigenvalue weighted by Crippen LogP contribution is -2.31. The quantitative estimate of drug-likeness (QED) is 0.575. The first-order chi connectivity index (χ1) is 5.31. The molecule has 0 atom stereocenters. The second kappa shape index (κ2) is 2.50. The fraction of sp³-hybridized carbons (Fsp3) is 0.750. The maximum Gasteiger partial charge on any atom is 0.172 e. The van der Waals surface area contributed by atoms with Gasteiger partial charge in [0.2, 0.25) is 0 Å². The summed E-state index contributed by atoms with van der Waals surface area (Å²) in [6.45, 7) is 1.38. The molecule has 3 nitrogen and oxygen atoms in total. The first-order valence-corrected chi connectivity index (χ1v) is 3.97. The molecule has 0 radical (unpaired) electrons. The summed E-state index contributed by atoms with van der Waals surface area (Å²) in [4.78, 5) is 0. The Bertz CT molecular complexity index is 180.